The van der Waals surface area contributed by atoms with E-state index in [4.69, 9.17) is 0 Å². The number of pyridine rings is 1. The summed E-state index contributed by atoms with van der Waals surface area (Å²) in [5.41, 5.74) is 5.05. The van der Waals surface area contributed by atoms with Crippen LogP contribution >= 0.6 is 23.1 Å². The van der Waals surface area contributed by atoms with Crippen molar-refractivity contribution in [3.8, 4) is 0 Å². The highest BCUT2D eigenvalue weighted by atomic mass is 32.2. The number of hydrogen-bond acceptors (Lipinski definition) is 6. The van der Waals surface area contributed by atoms with Gasteiger partial charge in [0.15, 0.2) is 15.9 Å². The van der Waals surface area contributed by atoms with Gasteiger partial charge in [0.05, 0.1) is 21.5 Å². The molecule has 144 valence electrons. The van der Waals surface area contributed by atoms with Crippen molar-refractivity contribution in [1.82, 2.24) is 19.6 Å². The largest absolute Gasteiger partial charge is 0.301 e. The van der Waals surface area contributed by atoms with Crippen LogP contribution in [0.1, 0.15) is 11.1 Å². The Labute approximate surface area is 175 Å². The van der Waals surface area contributed by atoms with Gasteiger partial charge in [-0.25, -0.2) is 4.98 Å². The molecule has 3 aromatic heterocycles. The highest BCUT2D eigenvalue weighted by Gasteiger charge is 2.14. The van der Waals surface area contributed by atoms with Gasteiger partial charge >= 0.3 is 0 Å². The van der Waals surface area contributed by atoms with Gasteiger partial charge in [-0.1, -0.05) is 47.4 Å². The lowest BCUT2D eigenvalue weighted by Gasteiger charge is -2.07. The van der Waals surface area contributed by atoms with E-state index in [-0.39, 0.29) is 11.7 Å². The summed E-state index contributed by atoms with van der Waals surface area (Å²) in [6.45, 7) is 4.11. The van der Waals surface area contributed by atoms with Crippen LogP contribution in [0.25, 0.3) is 26.8 Å². The average molecular weight is 420 g/mol. The number of para-hydroxylation sites is 1. The molecule has 0 saturated carbocycles. The molecule has 0 bridgehead atoms. The Hall–Kier alpha value is -2.97. The van der Waals surface area contributed by atoms with Crippen LogP contribution in [0.2, 0.25) is 0 Å². The zero-order valence-corrected chi connectivity index (χ0v) is 17.5. The first-order chi connectivity index (χ1) is 14.1. The van der Waals surface area contributed by atoms with Gasteiger partial charge in [0.2, 0.25) is 5.91 Å². The molecular formula is C21H17N5OS2. The third kappa shape index (κ3) is 3.34. The van der Waals surface area contributed by atoms with Crippen LogP contribution in [0.5, 0.6) is 0 Å². The van der Waals surface area contributed by atoms with Crippen molar-refractivity contribution in [3.63, 3.8) is 0 Å². The second kappa shape index (κ2) is 7.13. The molecule has 2 aromatic carbocycles. The molecule has 0 radical (unpaired) electrons. The van der Waals surface area contributed by atoms with Crippen molar-refractivity contribution < 1.29 is 4.79 Å². The molecule has 0 unspecified atom stereocenters. The lowest BCUT2D eigenvalue weighted by Crippen LogP contribution is -2.14. The van der Waals surface area contributed by atoms with Gasteiger partial charge in [-0.15, -0.1) is 10.2 Å². The Balaban J connectivity index is 1.37. The van der Waals surface area contributed by atoms with Gasteiger partial charge in [-0.3, -0.25) is 9.20 Å². The summed E-state index contributed by atoms with van der Waals surface area (Å²) < 4.78 is 3.07. The Kier molecular flexibility index (Phi) is 4.44. The molecule has 0 saturated heterocycles. The molecule has 5 aromatic rings. The minimum absolute atomic E-state index is 0.112. The number of nitrogens with zero attached hydrogens (tertiary/aromatic N) is 4. The van der Waals surface area contributed by atoms with Crippen molar-refractivity contribution in [2.45, 2.75) is 19.0 Å². The summed E-state index contributed by atoms with van der Waals surface area (Å²) in [4.78, 5) is 17.0. The minimum Gasteiger partial charge on any atom is -0.301 e. The van der Waals surface area contributed by atoms with E-state index in [1.54, 1.807) is 0 Å². The van der Waals surface area contributed by atoms with Gasteiger partial charge in [0.25, 0.3) is 0 Å². The molecule has 0 fully saturated rings. The number of amides is 1. The molecule has 0 aliphatic rings. The summed E-state index contributed by atoms with van der Waals surface area (Å²) in [5, 5.41) is 13.9. The summed E-state index contributed by atoms with van der Waals surface area (Å²) in [6.07, 6.45) is 0. The zero-order valence-electron chi connectivity index (χ0n) is 15.8. The van der Waals surface area contributed by atoms with E-state index in [0.29, 0.717) is 10.3 Å². The predicted molar refractivity (Wildman–Crippen MR) is 119 cm³/mol. The Bertz CT molecular complexity index is 1390. The first-order valence-electron chi connectivity index (χ1n) is 9.12. The fourth-order valence-electron chi connectivity index (χ4n) is 3.34. The highest BCUT2D eigenvalue weighted by molar-refractivity contribution is 7.99. The highest BCUT2D eigenvalue weighted by Crippen LogP contribution is 2.28. The molecular weight excluding hydrogens is 402 g/mol. The van der Waals surface area contributed by atoms with Crippen LogP contribution in [0.3, 0.4) is 0 Å². The lowest BCUT2D eigenvalue weighted by atomic mass is 10.1. The molecule has 0 aliphatic carbocycles. The van der Waals surface area contributed by atoms with Crippen LogP contribution in [0.15, 0.2) is 53.7 Å². The van der Waals surface area contributed by atoms with E-state index in [2.05, 4.69) is 39.6 Å². The fraction of sp³-hybridized carbons (Fsp3) is 0.143. The van der Waals surface area contributed by atoms with Gasteiger partial charge in [0.1, 0.15) is 0 Å². The van der Waals surface area contributed by atoms with Crippen molar-refractivity contribution in [1.29, 1.82) is 0 Å². The van der Waals surface area contributed by atoms with Gasteiger partial charge < -0.3 is 5.32 Å². The molecule has 6 nitrogen and oxygen atoms in total. The van der Waals surface area contributed by atoms with E-state index in [1.165, 1.54) is 28.7 Å². The number of fused-ring (bicyclic) bond motifs is 4. The van der Waals surface area contributed by atoms with Crippen LogP contribution in [0.4, 0.5) is 5.13 Å². The summed E-state index contributed by atoms with van der Waals surface area (Å²) >= 11 is 2.85. The number of nitrogens with one attached hydrogen (secondary N) is 1. The van der Waals surface area contributed by atoms with Crippen molar-refractivity contribution in [3.05, 3.63) is 59.7 Å². The smallest absolute Gasteiger partial charge is 0.236 e. The third-order valence-electron chi connectivity index (χ3n) is 4.70. The lowest BCUT2D eigenvalue weighted by molar-refractivity contribution is -0.113. The molecule has 1 N–H and O–H groups in total. The minimum atomic E-state index is -0.112. The van der Waals surface area contributed by atoms with E-state index in [1.807, 2.05) is 47.7 Å². The number of thiazole rings is 1. The number of thioether (sulfide) groups is 1. The quantitative estimate of drug-likeness (QED) is 0.422. The monoisotopic (exact) mass is 419 g/mol. The number of carbonyl (C=O) groups is 1. The molecule has 29 heavy (non-hydrogen) atoms. The standard InChI is InChI=1S/C21H17N5OS2/c1-12-7-8-15-17(9-12)29-20(22-15)23-19(27)11-28-21-25-24-18-10-13(2)14-5-3-4-6-16(14)26(18)21/h3-10H,11H2,1-2H3,(H,22,23,27). The number of rotatable bonds is 4. The van der Waals surface area contributed by atoms with Crippen LogP contribution in [0, 0.1) is 13.8 Å². The average Bonchev–Trinajstić information content (AvgIpc) is 3.29. The summed E-state index contributed by atoms with van der Waals surface area (Å²) in [6, 6.07) is 16.2. The van der Waals surface area contributed by atoms with Crippen molar-refractivity contribution >= 4 is 60.9 Å². The summed E-state index contributed by atoms with van der Waals surface area (Å²) in [7, 11) is 0. The second-order valence-corrected chi connectivity index (χ2v) is 8.82. The molecule has 0 spiro atoms. The topological polar surface area (TPSA) is 72.2 Å². The van der Waals surface area contributed by atoms with Gasteiger partial charge in [-0.05, 0) is 49.2 Å². The number of benzene rings is 2. The predicted octanol–water partition coefficient (Wildman–Crippen LogP) is 4.84. The number of aryl methyl sites for hydroxylation is 2. The Morgan fingerprint density at radius 1 is 1.14 bits per heavy atom. The van der Waals surface area contributed by atoms with E-state index < -0.39 is 0 Å². The number of hydrogen-bond donors (Lipinski definition) is 1. The molecule has 0 atom stereocenters. The molecule has 0 aliphatic heterocycles. The number of aromatic nitrogens is 4. The molecule has 8 heteroatoms. The van der Waals surface area contributed by atoms with Crippen LogP contribution in [-0.4, -0.2) is 31.2 Å². The zero-order chi connectivity index (χ0) is 20.0. The first-order valence-corrected chi connectivity index (χ1v) is 10.9. The van der Waals surface area contributed by atoms with Crippen molar-refractivity contribution in [2.75, 3.05) is 11.1 Å². The number of anilines is 1. The first kappa shape index (κ1) is 18.1. The normalized spacial score (nSPS) is 11.5. The van der Waals surface area contributed by atoms with Gasteiger partial charge in [-0.2, -0.15) is 0 Å². The second-order valence-electron chi connectivity index (χ2n) is 6.85. The molecule has 1 amide bonds. The Morgan fingerprint density at radius 3 is 2.90 bits per heavy atom. The number of carbonyl (C=O) groups excluding carboxylic acids is 1. The Morgan fingerprint density at radius 2 is 2.00 bits per heavy atom. The van der Waals surface area contributed by atoms with Crippen molar-refractivity contribution in [2.24, 2.45) is 0 Å². The van der Waals surface area contributed by atoms with Crippen LogP contribution < -0.4 is 5.32 Å². The fourth-order valence-corrected chi connectivity index (χ4v) is 5.07. The summed E-state index contributed by atoms with van der Waals surface area (Å²) in [5.74, 6) is 0.122. The van der Waals surface area contributed by atoms with E-state index >= 15 is 0 Å². The maximum Gasteiger partial charge on any atom is 0.236 e. The molecule has 5 rings (SSSR count). The van der Waals surface area contributed by atoms with Crippen LogP contribution in [-0.2, 0) is 4.79 Å². The maximum atomic E-state index is 12.5. The van der Waals surface area contributed by atoms with E-state index in [0.717, 1.165) is 32.3 Å². The molecule has 3 heterocycles. The maximum absolute atomic E-state index is 12.5. The van der Waals surface area contributed by atoms with Gasteiger partial charge in [0, 0.05) is 5.39 Å². The SMILES string of the molecule is Cc1ccc2nc(NC(=O)CSc3nnc4cc(C)c5ccccc5n34)sc2c1. The van der Waals surface area contributed by atoms with E-state index in [9.17, 15) is 4.79 Å². The third-order valence-corrected chi connectivity index (χ3v) is 6.56.